The fraction of sp³-hybridized carbons (Fsp3) is 0.500. The van der Waals surface area contributed by atoms with Crippen LogP contribution in [0.4, 0.5) is 23.4 Å². The Labute approximate surface area is 199 Å². The molecule has 1 N–H and O–H groups in total. The van der Waals surface area contributed by atoms with Gasteiger partial charge in [-0.15, -0.1) is 15.3 Å². The molecule has 1 aliphatic carbocycles. The third kappa shape index (κ3) is 4.68. The van der Waals surface area contributed by atoms with Gasteiger partial charge in [-0.05, 0) is 55.5 Å². The summed E-state index contributed by atoms with van der Waals surface area (Å²) in [4.78, 5) is 14.8. The minimum absolute atomic E-state index is 0.0142. The number of carbonyl (C=O) groups excluding carboxylic acids is 1. The minimum Gasteiger partial charge on any atom is -0.355 e. The molecule has 1 saturated carbocycles. The number of alkyl halides is 3. The van der Waals surface area contributed by atoms with Crippen LogP contribution < -0.4 is 10.2 Å². The third-order valence-corrected chi connectivity index (χ3v) is 7.31. The van der Waals surface area contributed by atoms with Gasteiger partial charge in [-0.2, -0.15) is 17.7 Å². The molecule has 2 aliphatic rings. The van der Waals surface area contributed by atoms with Crippen LogP contribution in [0, 0.1) is 11.7 Å². The number of benzene rings is 1. The summed E-state index contributed by atoms with van der Waals surface area (Å²) in [7, 11) is 0. The van der Waals surface area contributed by atoms with Crippen LogP contribution in [0.25, 0.3) is 5.65 Å². The van der Waals surface area contributed by atoms with Crippen LogP contribution in [0.1, 0.15) is 49.9 Å². The number of hydrogen-bond acceptors (Lipinski definition) is 5. The molecule has 1 amide bonds. The van der Waals surface area contributed by atoms with E-state index in [-0.39, 0.29) is 28.7 Å². The monoisotopic (exact) mass is 490 g/mol. The van der Waals surface area contributed by atoms with Crippen molar-refractivity contribution >= 4 is 17.4 Å². The van der Waals surface area contributed by atoms with Gasteiger partial charge in [-0.1, -0.05) is 25.0 Å². The maximum atomic E-state index is 13.4. The predicted octanol–water partition coefficient (Wildman–Crippen LogP) is 4.13. The van der Waals surface area contributed by atoms with E-state index in [2.05, 4.69) is 20.6 Å². The van der Waals surface area contributed by atoms with Crippen LogP contribution in [-0.4, -0.2) is 45.4 Å². The Morgan fingerprint density at radius 3 is 2.37 bits per heavy atom. The summed E-state index contributed by atoms with van der Waals surface area (Å²) in [5, 5.41) is 14.0. The van der Waals surface area contributed by atoms with Crippen molar-refractivity contribution in [2.75, 3.05) is 24.5 Å². The molecule has 0 unspecified atom stereocenters. The first kappa shape index (κ1) is 23.5. The Hall–Kier alpha value is -3.24. The lowest BCUT2D eigenvalue weighted by molar-refractivity contribution is -0.146. The Morgan fingerprint density at radius 1 is 1.03 bits per heavy atom. The number of hydrogen-bond donors (Lipinski definition) is 1. The smallest absolute Gasteiger partial charge is 0.355 e. The zero-order valence-electron chi connectivity index (χ0n) is 19.1. The SMILES string of the molecule is O=C(NCC1(c2ccc(F)cc2)CCCC1)C1CCN(c2ccc3nnc(C(F)(F)F)n3n2)CC1. The van der Waals surface area contributed by atoms with Crippen molar-refractivity contribution in [3.8, 4) is 0 Å². The topological polar surface area (TPSA) is 75.4 Å². The molecule has 1 aliphatic heterocycles. The van der Waals surface area contributed by atoms with Crippen molar-refractivity contribution in [2.45, 2.75) is 50.1 Å². The van der Waals surface area contributed by atoms with E-state index in [0.29, 0.717) is 42.8 Å². The van der Waals surface area contributed by atoms with Crippen molar-refractivity contribution in [3.05, 3.63) is 53.6 Å². The Morgan fingerprint density at radius 2 is 1.71 bits per heavy atom. The van der Waals surface area contributed by atoms with Gasteiger partial charge < -0.3 is 10.2 Å². The zero-order chi connectivity index (χ0) is 24.6. The molecule has 2 aromatic heterocycles. The molecule has 11 heteroatoms. The minimum atomic E-state index is -4.65. The van der Waals surface area contributed by atoms with E-state index < -0.39 is 12.0 Å². The van der Waals surface area contributed by atoms with Crippen LogP contribution in [-0.2, 0) is 16.4 Å². The summed E-state index contributed by atoms with van der Waals surface area (Å²) in [6.07, 6.45) is 0.549. The quantitative estimate of drug-likeness (QED) is 0.545. The number of nitrogens with one attached hydrogen (secondary N) is 1. The molecule has 1 aromatic carbocycles. The molecule has 2 fully saturated rings. The molecule has 0 spiro atoms. The molecular formula is C24H26F4N6O. The van der Waals surface area contributed by atoms with Crippen molar-refractivity contribution in [2.24, 2.45) is 5.92 Å². The maximum absolute atomic E-state index is 13.4. The van der Waals surface area contributed by atoms with Crippen molar-refractivity contribution in [1.82, 2.24) is 25.1 Å². The third-order valence-electron chi connectivity index (χ3n) is 7.31. The lowest BCUT2D eigenvalue weighted by Crippen LogP contribution is -2.45. The number of nitrogens with zero attached hydrogens (tertiary/aromatic N) is 5. The second-order valence-corrected chi connectivity index (χ2v) is 9.46. The number of anilines is 1. The van der Waals surface area contributed by atoms with Crippen LogP contribution in [0.15, 0.2) is 36.4 Å². The van der Waals surface area contributed by atoms with Gasteiger partial charge in [0.05, 0.1) is 0 Å². The molecule has 186 valence electrons. The first-order valence-electron chi connectivity index (χ1n) is 11.8. The highest BCUT2D eigenvalue weighted by Gasteiger charge is 2.38. The number of rotatable bonds is 5. The van der Waals surface area contributed by atoms with Crippen LogP contribution in [0.3, 0.4) is 0 Å². The standard InChI is InChI=1S/C24H26F4N6O/c25-18-5-3-17(4-6-18)23(11-1-2-12-23)15-29-21(35)16-9-13-33(14-10-16)20-8-7-19-30-31-22(24(26,27)28)34(19)32-20/h3-8,16H,1-2,9-15H2,(H,29,35). The number of fused-ring (bicyclic) bond motifs is 1. The van der Waals surface area contributed by atoms with E-state index in [1.165, 1.54) is 18.2 Å². The fourth-order valence-electron chi connectivity index (χ4n) is 5.32. The summed E-state index contributed by atoms with van der Waals surface area (Å²) in [6.45, 7) is 1.52. The molecular weight excluding hydrogens is 464 g/mol. The maximum Gasteiger partial charge on any atom is 0.453 e. The second kappa shape index (κ2) is 9.09. The molecule has 35 heavy (non-hydrogen) atoms. The van der Waals surface area contributed by atoms with Gasteiger partial charge >= 0.3 is 6.18 Å². The van der Waals surface area contributed by atoms with Gasteiger partial charge in [0.25, 0.3) is 5.82 Å². The second-order valence-electron chi connectivity index (χ2n) is 9.46. The molecule has 0 bridgehead atoms. The highest BCUT2D eigenvalue weighted by molar-refractivity contribution is 5.79. The average Bonchev–Trinajstić information content (AvgIpc) is 3.50. The normalized spacial score (nSPS) is 18.8. The van der Waals surface area contributed by atoms with E-state index in [1.54, 1.807) is 6.07 Å². The molecule has 5 rings (SSSR count). The number of amides is 1. The van der Waals surface area contributed by atoms with Crippen LogP contribution in [0.5, 0.6) is 0 Å². The van der Waals surface area contributed by atoms with E-state index in [0.717, 1.165) is 31.2 Å². The Bertz CT molecular complexity index is 1190. The number of halogens is 4. The summed E-state index contributed by atoms with van der Waals surface area (Å²) in [5.74, 6) is -1.24. The van der Waals surface area contributed by atoms with Crippen molar-refractivity contribution in [3.63, 3.8) is 0 Å². The number of aromatic nitrogens is 4. The highest BCUT2D eigenvalue weighted by Crippen LogP contribution is 2.41. The van der Waals surface area contributed by atoms with Gasteiger partial charge in [0.1, 0.15) is 11.6 Å². The van der Waals surface area contributed by atoms with Gasteiger partial charge in [-0.25, -0.2) is 4.39 Å². The number of carbonyl (C=O) groups is 1. The largest absolute Gasteiger partial charge is 0.453 e. The van der Waals surface area contributed by atoms with E-state index in [9.17, 15) is 22.4 Å². The van der Waals surface area contributed by atoms with Crippen molar-refractivity contribution in [1.29, 1.82) is 0 Å². The van der Waals surface area contributed by atoms with E-state index in [4.69, 9.17) is 0 Å². The first-order chi connectivity index (χ1) is 16.7. The van der Waals surface area contributed by atoms with Gasteiger partial charge in [0.15, 0.2) is 5.65 Å². The summed E-state index contributed by atoms with van der Waals surface area (Å²) >= 11 is 0. The summed E-state index contributed by atoms with van der Waals surface area (Å²) < 4.78 is 53.6. The van der Waals surface area contributed by atoms with E-state index >= 15 is 0 Å². The average molecular weight is 491 g/mol. The zero-order valence-corrected chi connectivity index (χ0v) is 19.1. The van der Waals surface area contributed by atoms with Crippen LogP contribution in [0.2, 0.25) is 0 Å². The van der Waals surface area contributed by atoms with Gasteiger partial charge in [-0.3, -0.25) is 4.79 Å². The first-order valence-corrected chi connectivity index (χ1v) is 11.8. The molecule has 7 nitrogen and oxygen atoms in total. The number of piperidine rings is 1. The fourth-order valence-corrected chi connectivity index (χ4v) is 5.32. The molecule has 0 atom stereocenters. The molecule has 3 heterocycles. The van der Waals surface area contributed by atoms with E-state index in [1.807, 2.05) is 17.0 Å². The summed E-state index contributed by atoms with van der Waals surface area (Å²) in [5.41, 5.74) is 0.913. The van der Waals surface area contributed by atoms with Crippen molar-refractivity contribution < 1.29 is 22.4 Å². The summed E-state index contributed by atoms with van der Waals surface area (Å²) in [6, 6.07) is 9.65. The molecule has 3 aromatic rings. The van der Waals surface area contributed by atoms with Gasteiger partial charge in [0, 0.05) is 31.0 Å². The lowest BCUT2D eigenvalue weighted by atomic mass is 9.78. The van der Waals surface area contributed by atoms with Crippen LogP contribution >= 0.6 is 0 Å². The molecule has 1 saturated heterocycles. The Balaban J connectivity index is 1.21. The predicted molar refractivity (Wildman–Crippen MR) is 120 cm³/mol. The van der Waals surface area contributed by atoms with Gasteiger partial charge in [0.2, 0.25) is 5.91 Å². The lowest BCUT2D eigenvalue weighted by Gasteiger charge is -2.34. The highest BCUT2D eigenvalue weighted by atomic mass is 19.4. The Kier molecular flexibility index (Phi) is 6.10. The molecule has 0 radical (unpaired) electrons.